The number of aromatic hydroxyl groups is 1. The van der Waals surface area contributed by atoms with E-state index in [1.165, 1.54) is 56.2 Å². The number of carboxylic acid groups (broad SMARTS) is 1. The molecular formula is C24H24ClNO3. The fourth-order valence-corrected chi connectivity index (χ4v) is 6.61. The van der Waals surface area contributed by atoms with Crippen molar-refractivity contribution in [3.8, 4) is 5.75 Å². The summed E-state index contributed by atoms with van der Waals surface area (Å²) in [5.41, 5.74) is 2.89. The number of carbonyl (C=O) groups is 1. The highest BCUT2D eigenvalue weighted by Crippen LogP contribution is 2.60. The molecule has 0 aromatic heterocycles. The molecule has 0 spiro atoms. The molecule has 0 radical (unpaired) electrons. The quantitative estimate of drug-likeness (QED) is 0.612. The molecule has 0 amide bonds. The van der Waals surface area contributed by atoms with E-state index in [9.17, 15) is 9.90 Å². The van der Waals surface area contributed by atoms with Crippen LogP contribution < -0.4 is 0 Å². The minimum Gasteiger partial charge on any atom is -0.507 e. The van der Waals surface area contributed by atoms with Crippen LogP contribution in [0.3, 0.4) is 0 Å². The number of phenolic OH excluding ortho intramolecular Hbond substituents is 1. The number of halogens is 1. The zero-order valence-corrected chi connectivity index (χ0v) is 16.9. The van der Waals surface area contributed by atoms with Gasteiger partial charge < -0.3 is 10.2 Å². The average Bonchev–Trinajstić information content (AvgIpc) is 2.66. The molecule has 0 unspecified atom stereocenters. The van der Waals surface area contributed by atoms with Gasteiger partial charge in [-0.05, 0) is 97.6 Å². The first-order valence-electron chi connectivity index (χ1n) is 10.3. The van der Waals surface area contributed by atoms with Crippen molar-refractivity contribution >= 4 is 29.5 Å². The Kier molecular flexibility index (Phi) is 4.43. The molecule has 150 valence electrons. The lowest BCUT2D eigenvalue weighted by atomic mass is 9.48. The van der Waals surface area contributed by atoms with E-state index < -0.39 is 5.97 Å². The van der Waals surface area contributed by atoms with Gasteiger partial charge >= 0.3 is 5.97 Å². The molecule has 0 heterocycles. The fraction of sp³-hybridized carbons (Fsp3) is 0.417. The third-order valence-electron chi connectivity index (χ3n) is 7.21. The van der Waals surface area contributed by atoms with E-state index in [0.29, 0.717) is 11.3 Å². The third-order valence-corrected chi connectivity index (χ3v) is 7.53. The van der Waals surface area contributed by atoms with Crippen LogP contribution in [0.1, 0.15) is 60.0 Å². The van der Waals surface area contributed by atoms with Gasteiger partial charge in [0, 0.05) is 11.8 Å². The van der Waals surface area contributed by atoms with Crippen LogP contribution in [0.2, 0.25) is 5.02 Å². The highest BCUT2D eigenvalue weighted by atomic mass is 35.5. The number of nitrogens with zero attached hydrogens (tertiary/aromatic N) is 1. The second-order valence-electron chi connectivity index (χ2n) is 9.20. The lowest BCUT2D eigenvalue weighted by Crippen LogP contribution is -2.48. The van der Waals surface area contributed by atoms with Crippen molar-refractivity contribution in [1.29, 1.82) is 0 Å². The summed E-state index contributed by atoms with van der Waals surface area (Å²) in [6, 6.07) is 10.6. The number of aliphatic imine (C=N–C) groups is 1. The number of carboxylic acids is 1. The van der Waals surface area contributed by atoms with Crippen molar-refractivity contribution in [2.75, 3.05) is 0 Å². The molecule has 4 fully saturated rings. The first-order chi connectivity index (χ1) is 13.9. The summed E-state index contributed by atoms with van der Waals surface area (Å²) in [5.74, 6) is 1.73. The van der Waals surface area contributed by atoms with Crippen LogP contribution >= 0.6 is 11.6 Å². The number of aromatic carboxylic acids is 1. The maximum atomic E-state index is 11.1. The second kappa shape index (κ2) is 6.88. The van der Waals surface area contributed by atoms with E-state index in [1.54, 1.807) is 18.3 Å². The van der Waals surface area contributed by atoms with E-state index in [4.69, 9.17) is 16.7 Å². The number of benzene rings is 2. The molecule has 6 rings (SSSR count). The van der Waals surface area contributed by atoms with Crippen molar-refractivity contribution in [3.63, 3.8) is 0 Å². The van der Waals surface area contributed by atoms with Crippen molar-refractivity contribution in [2.45, 2.75) is 43.9 Å². The first kappa shape index (κ1) is 18.7. The van der Waals surface area contributed by atoms with Gasteiger partial charge in [0.05, 0.1) is 16.3 Å². The number of phenols is 1. The van der Waals surface area contributed by atoms with E-state index in [1.807, 2.05) is 0 Å². The Morgan fingerprint density at radius 2 is 1.69 bits per heavy atom. The van der Waals surface area contributed by atoms with E-state index in [-0.39, 0.29) is 21.8 Å². The normalized spacial score (nSPS) is 30.2. The predicted molar refractivity (Wildman–Crippen MR) is 114 cm³/mol. The molecule has 0 aliphatic heterocycles. The Hall–Kier alpha value is -2.33. The van der Waals surface area contributed by atoms with Crippen LogP contribution in [0.25, 0.3) is 0 Å². The largest absolute Gasteiger partial charge is 0.507 e. The van der Waals surface area contributed by atoms with Crippen LogP contribution in [0, 0.1) is 17.8 Å². The van der Waals surface area contributed by atoms with E-state index in [0.717, 1.165) is 17.8 Å². The smallest absolute Gasteiger partial charge is 0.337 e. The van der Waals surface area contributed by atoms with Gasteiger partial charge in [-0.2, -0.15) is 0 Å². The summed E-state index contributed by atoms with van der Waals surface area (Å²) >= 11 is 6.03. The van der Waals surface area contributed by atoms with Crippen LogP contribution in [0.4, 0.5) is 5.69 Å². The second-order valence-corrected chi connectivity index (χ2v) is 9.61. The van der Waals surface area contributed by atoms with Gasteiger partial charge in [-0.15, -0.1) is 0 Å². The Labute approximate surface area is 175 Å². The summed E-state index contributed by atoms with van der Waals surface area (Å²) in [5, 5.41) is 19.6. The molecule has 4 nitrogen and oxygen atoms in total. The molecule has 0 atom stereocenters. The summed E-state index contributed by atoms with van der Waals surface area (Å²) < 4.78 is 0. The van der Waals surface area contributed by atoms with Crippen molar-refractivity contribution in [3.05, 3.63) is 58.1 Å². The number of rotatable bonds is 4. The summed E-state index contributed by atoms with van der Waals surface area (Å²) in [7, 11) is 0. The third kappa shape index (κ3) is 3.33. The molecule has 2 aromatic carbocycles. The van der Waals surface area contributed by atoms with Crippen molar-refractivity contribution < 1.29 is 15.0 Å². The minimum absolute atomic E-state index is 0.0530. The standard InChI is InChI=1S/C24H24ClNO3/c25-21-9-19(2-3-20(21)23(28)29)26-13-17-8-18(1-4-22(17)27)24-10-14-5-15(11-24)7-16(6-14)12-24/h1-4,8-9,13-16,27H,5-7,10-12H2,(H,28,29). The summed E-state index contributed by atoms with van der Waals surface area (Å²) in [4.78, 5) is 15.5. The van der Waals surface area contributed by atoms with E-state index >= 15 is 0 Å². The molecule has 0 saturated heterocycles. The van der Waals surface area contributed by atoms with Gasteiger partial charge in [-0.1, -0.05) is 17.7 Å². The number of hydrogen-bond donors (Lipinski definition) is 2. The van der Waals surface area contributed by atoms with Crippen LogP contribution in [-0.4, -0.2) is 22.4 Å². The van der Waals surface area contributed by atoms with Gasteiger partial charge in [0.25, 0.3) is 0 Å². The minimum atomic E-state index is -1.06. The van der Waals surface area contributed by atoms with Crippen molar-refractivity contribution in [2.24, 2.45) is 22.7 Å². The molecule has 2 N–H and O–H groups in total. The van der Waals surface area contributed by atoms with E-state index in [2.05, 4.69) is 17.1 Å². The Morgan fingerprint density at radius 3 is 2.28 bits per heavy atom. The maximum Gasteiger partial charge on any atom is 0.337 e. The maximum absolute atomic E-state index is 11.1. The Morgan fingerprint density at radius 1 is 1.03 bits per heavy atom. The van der Waals surface area contributed by atoms with Crippen molar-refractivity contribution in [1.82, 2.24) is 0 Å². The van der Waals surface area contributed by atoms with Gasteiger partial charge in [-0.3, -0.25) is 4.99 Å². The van der Waals surface area contributed by atoms with Crippen LogP contribution in [0.5, 0.6) is 5.75 Å². The zero-order chi connectivity index (χ0) is 20.2. The molecule has 2 aromatic rings. The lowest BCUT2D eigenvalue weighted by molar-refractivity contribution is -0.00520. The zero-order valence-electron chi connectivity index (χ0n) is 16.1. The highest BCUT2D eigenvalue weighted by Gasteiger charge is 2.51. The summed E-state index contributed by atoms with van der Waals surface area (Å²) in [6.45, 7) is 0. The Bertz CT molecular complexity index is 978. The monoisotopic (exact) mass is 409 g/mol. The first-order valence-corrected chi connectivity index (χ1v) is 10.7. The lowest BCUT2D eigenvalue weighted by Gasteiger charge is -2.57. The molecule has 4 aliphatic rings. The van der Waals surface area contributed by atoms with Gasteiger partial charge in [0.1, 0.15) is 5.75 Å². The van der Waals surface area contributed by atoms with Gasteiger partial charge in [0.15, 0.2) is 0 Å². The summed E-state index contributed by atoms with van der Waals surface area (Å²) in [6.07, 6.45) is 9.66. The average molecular weight is 410 g/mol. The topological polar surface area (TPSA) is 69.9 Å². The molecule has 29 heavy (non-hydrogen) atoms. The molecular weight excluding hydrogens is 386 g/mol. The highest BCUT2D eigenvalue weighted by molar-refractivity contribution is 6.33. The van der Waals surface area contributed by atoms with Gasteiger partial charge in [-0.25, -0.2) is 4.79 Å². The molecule has 5 heteroatoms. The molecule has 4 bridgehead atoms. The molecule has 4 aliphatic carbocycles. The number of hydrogen-bond acceptors (Lipinski definition) is 3. The van der Waals surface area contributed by atoms with Gasteiger partial charge in [0.2, 0.25) is 0 Å². The SMILES string of the molecule is O=C(O)c1ccc(N=Cc2cc(C34CC5CC(CC(C5)C3)C4)ccc2O)cc1Cl. The molecule has 4 saturated carbocycles. The predicted octanol–water partition coefficient (Wildman–Crippen LogP) is 5.96. The van der Waals surface area contributed by atoms with Crippen LogP contribution in [0.15, 0.2) is 41.4 Å². The fourth-order valence-electron chi connectivity index (χ4n) is 6.35. The van der Waals surface area contributed by atoms with Crippen LogP contribution in [-0.2, 0) is 5.41 Å². The Balaban J connectivity index is 1.44.